The number of carbonyl (C=O) groups is 1. The van der Waals surface area contributed by atoms with Crippen molar-refractivity contribution < 1.29 is 4.79 Å². The lowest BCUT2D eigenvalue weighted by Gasteiger charge is -2.24. The number of anilines is 1. The molecular formula is C18H20ClN5O. The van der Waals surface area contributed by atoms with Crippen molar-refractivity contribution in [1.82, 2.24) is 19.5 Å². The molecular weight excluding hydrogens is 338 g/mol. The monoisotopic (exact) mass is 357 g/mol. The number of fused-ring (bicyclic) bond motifs is 3. The molecule has 1 aromatic carbocycles. The third-order valence-electron chi connectivity index (χ3n) is 4.79. The fraction of sp³-hybridized carbons (Fsp3) is 0.389. The van der Waals surface area contributed by atoms with E-state index in [0.717, 1.165) is 48.5 Å². The molecule has 1 saturated heterocycles. The van der Waals surface area contributed by atoms with Crippen molar-refractivity contribution in [3.63, 3.8) is 0 Å². The van der Waals surface area contributed by atoms with Crippen LogP contribution >= 0.6 is 11.6 Å². The molecule has 0 aliphatic carbocycles. The van der Waals surface area contributed by atoms with E-state index in [0.29, 0.717) is 17.2 Å². The van der Waals surface area contributed by atoms with Gasteiger partial charge >= 0.3 is 0 Å². The number of para-hydroxylation sites is 1. The number of amides is 1. The van der Waals surface area contributed by atoms with Crippen LogP contribution in [-0.2, 0) is 4.79 Å². The summed E-state index contributed by atoms with van der Waals surface area (Å²) in [5.74, 6) is 1.04. The van der Waals surface area contributed by atoms with Crippen molar-refractivity contribution in [1.29, 1.82) is 0 Å². The molecule has 3 heterocycles. The van der Waals surface area contributed by atoms with Crippen LogP contribution in [0.1, 0.15) is 19.0 Å². The van der Waals surface area contributed by atoms with E-state index in [1.807, 2.05) is 34.5 Å². The van der Waals surface area contributed by atoms with E-state index >= 15 is 0 Å². The second-order valence-electron chi connectivity index (χ2n) is 6.43. The molecule has 6 nitrogen and oxygen atoms in total. The molecule has 1 fully saturated rings. The molecule has 3 aromatic rings. The topological polar surface area (TPSA) is 53.7 Å². The predicted octanol–water partition coefficient (Wildman–Crippen LogP) is 2.90. The van der Waals surface area contributed by atoms with Crippen LogP contribution in [-0.4, -0.2) is 51.6 Å². The summed E-state index contributed by atoms with van der Waals surface area (Å²) in [4.78, 5) is 20.7. The largest absolute Gasteiger partial charge is 0.354 e. The van der Waals surface area contributed by atoms with Gasteiger partial charge in [0.25, 0.3) is 0 Å². The van der Waals surface area contributed by atoms with Crippen LogP contribution in [0, 0.1) is 6.92 Å². The van der Waals surface area contributed by atoms with Crippen molar-refractivity contribution in [3.05, 3.63) is 35.0 Å². The Morgan fingerprint density at radius 3 is 2.76 bits per heavy atom. The lowest BCUT2D eigenvalue weighted by molar-refractivity contribution is -0.128. The van der Waals surface area contributed by atoms with Gasteiger partial charge in [-0.3, -0.25) is 4.79 Å². The molecule has 0 radical (unpaired) electrons. The van der Waals surface area contributed by atoms with Crippen LogP contribution in [0.2, 0.25) is 5.02 Å². The second kappa shape index (κ2) is 6.19. The summed E-state index contributed by atoms with van der Waals surface area (Å²) < 4.78 is 1.82. The van der Waals surface area contributed by atoms with E-state index in [2.05, 4.69) is 16.1 Å². The number of hydrogen-bond donors (Lipinski definition) is 0. The molecule has 25 heavy (non-hydrogen) atoms. The fourth-order valence-corrected chi connectivity index (χ4v) is 3.61. The zero-order valence-electron chi connectivity index (χ0n) is 14.4. The first kappa shape index (κ1) is 16.1. The minimum absolute atomic E-state index is 0.129. The van der Waals surface area contributed by atoms with E-state index in [9.17, 15) is 4.79 Å². The van der Waals surface area contributed by atoms with Crippen molar-refractivity contribution in [2.75, 3.05) is 31.1 Å². The number of nitrogens with zero attached hydrogens (tertiary/aromatic N) is 5. The maximum atomic E-state index is 11.7. The van der Waals surface area contributed by atoms with E-state index < -0.39 is 0 Å². The van der Waals surface area contributed by atoms with Crippen molar-refractivity contribution in [2.45, 2.75) is 20.3 Å². The molecule has 0 N–H and O–H groups in total. The fourth-order valence-electron chi connectivity index (χ4n) is 3.45. The number of halogens is 1. The third-order valence-corrected chi connectivity index (χ3v) is 5.23. The summed E-state index contributed by atoms with van der Waals surface area (Å²) in [6, 6.07) is 8.11. The number of rotatable bonds is 1. The Kier molecular flexibility index (Phi) is 4.00. The molecule has 7 heteroatoms. The first-order valence-electron chi connectivity index (χ1n) is 8.50. The molecule has 1 aliphatic heterocycles. The van der Waals surface area contributed by atoms with Crippen molar-refractivity contribution in [3.8, 4) is 0 Å². The highest BCUT2D eigenvalue weighted by Crippen LogP contribution is 2.30. The summed E-state index contributed by atoms with van der Waals surface area (Å²) >= 11 is 6.43. The smallest absolute Gasteiger partial charge is 0.219 e. The normalized spacial score (nSPS) is 15.8. The molecule has 0 spiro atoms. The Morgan fingerprint density at radius 2 is 1.96 bits per heavy atom. The summed E-state index contributed by atoms with van der Waals surface area (Å²) in [5, 5.41) is 6.17. The number of aryl methyl sites for hydroxylation is 1. The highest BCUT2D eigenvalue weighted by molar-refractivity contribution is 6.34. The van der Waals surface area contributed by atoms with Gasteiger partial charge in [-0.1, -0.05) is 23.7 Å². The highest BCUT2D eigenvalue weighted by atomic mass is 35.5. The molecule has 1 aliphatic rings. The second-order valence-corrected chi connectivity index (χ2v) is 6.81. The van der Waals surface area contributed by atoms with Gasteiger partial charge in [0.15, 0.2) is 5.65 Å². The Morgan fingerprint density at radius 1 is 1.16 bits per heavy atom. The maximum Gasteiger partial charge on any atom is 0.219 e. The molecule has 4 rings (SSSR count). The minimum Gasteiger partial charge on any atom is -0.354 e. The van der Waals surface area contributed by atoms with Gasteiger partial charge in [-0.15, -0.1) is 0 Å². The third kappa shape index (κ3) is 2.70. The molecule has 0 bridgehead atoms. The van der Waals surface area contributed by atoms with E-state index in [1.54, 1.807) is 6.92 Å². The number of hydrogen-bond acceptors (Lipinski definition) is 4. The van der Waals surface area contributed by atoms with Crippen molar-refractivity contribution in [2.24, 2.45) is 0 Å². The van der Waals surface area contributed by atoms with Gasteiger partial charge in [-0.05, 0) is 25.5 Å². The van der Waals surface area contributed by atoms with Gasteiger partial charge in [0.05, 0.1) is 11.2 Å². The molecule has 0 atom stereocenters. The summed E-state index contributed by atoms with van der Waals surface area (Å²) in [7, 11) is 0. The molecule has 130 valence electrons. The first-order chi connectivity index (χ1) is 12.1. The average Bonchev–Trinajstić information content (AvgIpc) is 2.80. The van der Waals surface area contributed by atoms with Crippen LogP contribution in [0.4, 0.5) is 5.82 Å². The SMILES string of the molecule is CC(=O)N1CCCN(c2nc3c(Cl)c(C)nn3c3ccccc23)CC1. The van der Waals surface area contributed by atoms with E-state index in [1.165, 1.54) is 0 Å². The highest BCUT2D eigenvalue weighted by Gasteiger charge is 2.21. The zero-order valence-corrected chi connectivity index (χ0v) is 15.1. The zero-order chi connectivity index (χ0) is 17.6. The van der Waals surface area contributed by atoms with Gasteiger partial charge < -0.3 is 9.80 Å². The van der Waals surface area contributed by atoms with Gasteiger partial charge in [-0.2, -0.15) is 5.10 Å². The molecule has 2 aromatic heterocycles. The van der Waals surface area contributed by atoms with Crippen LogP contribution in [0.25, 0.3) is 16.6 Å². The first-order valence-corrected chi connectivity index (χ1v) is 8.88. The average molecular weight is 358 g/mol. The van der Waals surface area contributed by atoms with Crippen LogP contribution < -0.4 is 4.90 Å². The summed E-state index contributed by atoms with van der Waals surface area (Å²) in [6.45, 7) is 6.65. The van der Waals surface area contributed by atoms with Gasteiger partial charge in [0, 0.05) is 38.5 Å². The van der Waals surface area contributed by atoms with Gasteiger partial charge in [0.2, 0.25) is 5.91 Å². The van der Waals surface area contributed by atoms with Crippen LogP contribution in [0.5, 0.6) is 0 Å². The van der Waals surface area contributed by atoms with Gasteiger partial charge in [-0.25, -0.2) is 9.50 Å². The number of carbonyl (C=O) groups excluding carboxylic acids is 1. The molecule has 0 unspecified atom stereocenters. The van der Waals surface area contributed by atoms with Crippen LogP contribution in [0.3, 0.4) is 0 Å². The quantitative estimate of drug-likeness (QED) is 0.672. The van der Waals surface area contributed by atoms with E-state index in [-0.39, 0.29) is 5.91 Å². The Bertz CT molecular complexity index is 967. The maximum absolute atomic E-state index is 11.7. The number of aromatic nitrogens is 3. The van der Waals surface area contributed by atoms with E-state index in [4.69, 9.17) is 16.6 Å². The summed E-state index contributed by atoms with van der Waals surface area (Å²) in [6.07, 6.45) is 0.923. The predicted molar refractivity (Wildman–Crippen MR) is 99.3 cm³/mol. The Labute approximate surface area is 151 Å². The Hall–Kier alpha value is -2.34. The minimum atomic E-state index is 0.129. The standard InChI is InChI=1S/C18H20ClN5O/c1-12-16(19)18-20-17(14-6-3-4-7-15(14)24(18)21-12)23-9-5-8-22(10-11-23)13(2)25/h3-4,6-7H,5,8-11H2,1-2H3. The lowest BCUT2D eigenvalue weighted by Crippen LogP contribution is -2.34. The molecule has 1 amide bonds. The van der Waals surface area contributed by atoms with Crippen LogP contribution in [0.15, 0.2) is 24.3 Å². The summed E-state index contributed by atoms with van der Waals surface area (Å²) in [5.41, 5.74) is 2.45. The Balaban J connectivity index is 1.85. The molecule has 0 saturated carbocycles. The van der Waals surface area contributed by atoms with Crippen molar-refractivity contribution >= 4 is 39.9 Å². The lowest BCUT2D eigenvalue weighted by atomic mass is 10.2. The van der Waals surface area contributed by atoms with Gasteiger partial charge in [0.1, 0.15) is 10.8 Å². The number of benzene rings is 1.